The normalized spacial score (nSPS) is 13.6. The van der Waals surface area contributed by atoms with Crippen LogP contribution >= 0.6 is 7.82 Å². The van der Waals surface area contributed by atoms with E-state index >= 15 is 0 Å². The Bertz CT molecular complexity index is 853. The Kier molecular flexibility index (Phi) is 39.9. The molecule has 0 amide bonds. The highest BCUT2D eigenvalue weighted by atomic mass is 31.2. The van der Waals surface area contributed by atoms with E-state index in [0.717, 1.165) is 32.1 Å². The number of carbonyl (C=O) groups is 1. The van der Waals surface area contributed by atoms with Crippen LogP contribution in [-0.4, -0.2) is 70.7 Å². The molecule has 0 bridgehead atoms. The molecule has 0 aromatic heterocycles. The second-order valence-electron chi connectivity index (χ2n) is 17.5. The third kappa shape index (κ3) is 44.4. The molecule has 0 spiro atoms. The lowest BCUT2D eigenvalue weighted by Gasteiger charge is -2.28. The Hall–Kier alpha value is -0.500. The van der Waals surface area contributed by atoms with Crippen molar-refractivity contribution in [1.82, 2.24) is 0 Å². The van der Waals surface area contributed by atoms with Gasteiger partial charge in [0.2, 0.25) is 0 Å². The van der Waals surface area contributed by atoms with Crippen molar-refractivity contribution in [1.29, 1.82) is 0 Å². The average Bonchev–Trinajstić information content (AvgIpc) is 3.13. The summed E-state index contributed by atoms with van der Waals surface area (Å²) in [6, 6.07) is 0. The zero-order valence-electron chi connectivity index (χ0n) is 37.4. The summed E-state index contributed by atoms with van der Waals surface area (Å²) >= 11 is 0. The van der Waals surface area contributed by atoms with Crippen LogP contribution in [-0.2, 0) is 27.9 Å². The first kappa shape index (κ1) is 54.5. The van der Waals surface area contributed by atoms with E-state index in [1.807, 2.05) is 21.1 Å². The van der Waals surface area contributed by atoms with Crippen molar-refractivity contribution in [3.63, 3.8) is 0 Å². The van der Waals surface area contributed by atoms with Gasteiger partial charge in [0.25, 0.3) is 7.82 Å². The summed E-state index contributed by atoms with van der Waals surface area (Å²) in [7, 11) is 1.38. The second kappa shape index (κ2) is 40.3. The third-order valence-corrected chi connectivity index (χ3v) is 11.6. The van der Waals surface area contributed by atoms with E-state index in [0.29, 0.717) is 24.1 Å². The van der Waals surface area contributed by atoms with Gasteiger partial charge in [-0.05, 0) is 12.8 Å². The monoisotopic (exact) mass is 804 g/mol. The van der Waals surface area contributed by atoms with Gasteiger partial charge in [-0.1, -0.05) is 213 Å². The minimum absolute atomic E-state index is 0.0315. The number of hydrogen-bond donors (Lipinski definition) is 0. The molecule has 9 heteroatoms. The predicted octanol–water partition coefficient (Wildman–Crippen LogP) is 13.4. The molecule has 0 saturated carbocycles. The Morgan fingerprint density at radius 3 is 1.20 bits per heavy atom. The predicted molar refractivity (Wildman–Crippen MR) is 231 cm³/mol. The standard InChI is InChI=1S/C46H94NO7P/c1-6-8-10-12-14-16-18-20-22-23-24-25-27-29-31-33-35-37-39-46(48)54-45(44-53-55(49,50)52-42-40-47(3,4)5)43-51-41-38-36-34-32-30-28-26-21-19-17-15-13-11-9-7-2/h45H,6-44H2,1-5H3. The van der Waals surface area contributed by atoms with Gasteiger partial charge in [0.1, 0.15) is 19.3 Å². The Morgan fingerprint density at radius 1 is 0.491 bits per heavy atom. The summed E-state index contributed by atoms with van der Waals surface area (Å²) in [5, 5.41) is 0. The van der Waals surface area contributed by atoms with Gasteiger partial charge < -0.3 is 27.9 Å². The van der Waals surface area contributed by atoms with E-state index in [4.69, 9.17) is 18.5 Å². The van der Waals surface area contributed by atoms with Crippen LogP contribution in [0.2, 0.25) is 0 Å². The molecule has 0 saturated heterocycles. The minimum atomic E-state index is -4.52. The third-order valence-electron chi connectivity index (χ3n) is 10.7. The largest absolute Gasteiger partial charge is 0.756 e. The lowest BCUT2D eigenvalue weighted by Crippen LogP contribution is -2.37. The fourth-order valence-electron chi connectivity index (χ4n) is 6.96. The topological polar surface area (TPSA) is 94.1 Å². The molecule has 0 aromatic rings. The van der Waals surface area contributed by atoms with Crippen molar-refractivity contribution < 1.29 is 37.3 Å². The first-order chi connectivity index (χ1) is 26.6. The van der Waals surface area contributed by atoms with Crippen molar-refractivity contribution in [3.8, 4) is 0 Å². The molecule has 2 atom stereocenters. The summed E-state index contributed by atoms with van der Waals surface area (Å²) in [4.78, 5) is 25.1. The van der Waals surface area contributed by atoms with E-state index in [2.05, 4.69) is 13.8 Å². The number of esters is 1. The van der Waals surface area contributed by atoms with Crippen LogP contribution in [0.1, 0.15) is 232 Å². The molecule has 2 unspecified atom stereocenters. The quantitative estimate of drug-likeness (QED) is 0.0262. The van der Waals surface area contributed by atoms with Crippen molar-refractivity contribution in [2.45, 2.75) is 238 Å². The fourth-order valence-corrected chi connectivity index (χ4v) is 7.69. The molecule has 0 heterocycles. The number of unbranched alkanes of at least 4 members (excludes halogenated alkanes) is 31. The molecule has 0 fully saturated rings. The zero-order chi connectivity index (χ0) is 40.6. The molecule has 55 heavy (non-hydrogen) atoms. The van der Waals surface area contributed by atoms with Gasteiger partial charge in [-0.3, -0.25) is 9.36 Å². The van der Waals surface area contributed by atoms with Gasteiger partial charge in [-0.2, -0.15) is 0 Å². The first-order valence-electron chi connectivity index (χ1n) is 23.8. The highest BCUT2D eigenvalue weighted by Crippen LogP contribution is 2.38. The highest BCUT2D eigenvalue weighted by molar-refractivity contribution is 7.45. The van der Waals surface area contributed by atoms with Crippen LogP contribution in [0.15, 0.2) is 0 Å². The number of ether oxygens (including phenoxy) is 2. The van der Waals surface area contributed by atoms with Gasteiger partial charge in [0, 0.05) is 13.0 Å². The molecule has 0 aromatic carbocycles. The zero-order valence-corrected chi connectivity index (χ0v) is 38.3. The lowest BCUT2D eigenvalue weighted by molar-refractivity contribution is -0.870. The van der Waals surface area contributed by atoms with Crippen molar-refractivity contribution in [2.75, 3.05) is 54.1 Å². The molecular formula is C46H94NO7P. The highest BCUT2D eigenvalue weighted by Gasteiger charge is 2.20. The SMILES string of the molecule is CCCCCCCCCCCCCCCCCCCCC(=O)OC(COCCCCCCCCCCCCCCCCC)COP(=O)([O-])OCC[N+](C)(C)C. The number of carbonyl (C=O) groups excluding carboxylic acids is 1. The minimum Gasteiger partial charge on any atom is -0.756 e. The number of quaternary nitrogens is 1. The smallest absolute Gasteiger partial charge is 0.306 e. The van der Waals surface area contributed by atoms with Gasteiger partial charge >= 0.3 is 5.97 Å². The summed E-state index contributed by atoms with van der Waals surface area (Å²) < 4.78 is 34.7. The molecule has 8 nitrogen and oxygen atoms in total. The Morgan fingerprint density at radius 2 is 0.836 bits per heavy atom. The van der Waals surface area contributed by atoms with Gasteiger partial charge in [0.15, 0.2) is 0 Å². The summed E-state index contributed by atoms with van der Waals surface area (Å²) in [5.41, 5.74) is 0. The van der Waals surface area contributed by atoms with Crippen molar-refractivity contribution >= 4 is 13.8 Å². The number of hydrogen-bond acceptors (Lipinski definition) is 7. The van der Waals surface area contributed by atoms with E-state index in [-0.39, 0.29) is 25.8 Å². The van der Waals surface area contributed by atoms with Crippen LogP contribution in [0.3, 0.4) is 0 Å². The number of phosphoric acid groups is 1. The number of phosphoric ester groups is 1. The van der Waals surface area contributed by atoms with Gasteiger partial charge in [-0.15, -0.1) is 0 Å². The molecule has 0 N–H and O–H groups in total. The fraction of sp³-hybridized carbons (Fsp3) is 0.978. The molecular weight excluding hydrogens is 709 g/mol. The van der Waals surface area contributed by atoms with E-state index in [9.17, 15) is 14.3 Å². The molecule has 0 radical (unpaired) electrons. The molecule has 0 aliphatic carbocycles. The molecule has 0 aliphatic heterocycles. The summed E-state index contributed by atoms with van der Waals surface area (Å²) in [6.45, 7) is 5.48. The van der Waals surface area contributed by atoms with Crippen LogP contribution in [0, 0.1) is 0 Å². The molecule has 330 valence electrons. The van der Waals surface area contributed by atoms with Crippen molar-refractivity contribution in [3.05, 3.63) is 0 Å². The van der Waals surface area contributed by atoms with Crippen LogP contribution in [0.25, 0.3) is 0 Å². The van der Waals surface area contributed by atoms with Crippen LogP contribution in [0.5, 0.6) is 0 Å². The van der Waals surface area contributed by atoms with E-state index in [1.165, 1.54) is 180 Å². The van der Waals surface area contributed by atoms with Gasteiger partial charge in [0.05, 0.1) is 34.4 Å². The maximum atomic E-state index is 12.7. The van der Waals surface area contributed by atoms with Crippen molar-refractivity contribution in [2.24, 2.45) is 0 Å². The van der Waals surface area contributed by atoms with E-state index in [1.54, 1.807) is 0 Å². The summed E-state index contributed by atoms with van der Waals surface area (Å²) in [5.74, 6) is -0.327. The average molecular weight is 804 g/mol. The van der Waals surface area contributed by atoms with Crippen LogP contribution in [0.4, 0.5) is 0 Å². The summed E-state index contributed by atoms with van der Waals surface area (Å²) in [6.07, 6.45) is 42.5. The van der Waals surface area contributed by atoms with Gasteiger partial charge in [-0.25, -0.2) is 0 Å². The molecule has 0 aliphatic rings. The lowest BCUT2D eigenvalue weighted by atomic mass is 10.0. The second-order valence-corrected chi connectivity index (χ2v) is 18.9. The Balaban J connectivity index is 4.13. The first-order valence-corrected chi connectivity index (χ1v) is 25.2. The van der Waals surface area contributed by atoms with Crippen LogP contribution < -0.4 is 4.89 Å². The maximum absolute atomic E-state index is 12.7. The van der Waals surface area contributed by atoms with E-state index < -0.39 is 13.9 Å². The maximum Gasteiger partial charge on any atom is 0.306 e. The Labute approximate surface area is 342 Å². The number of likely N-dealkylation sites (N-methyl/N-ethyl adjacent to an activating group) is 1. The number of nitrogens with zero attached hydrogens (tertiary/aromatic N) is 1. The molecule has 0 rings (SSSR count). The number of rotatable bonds is 45.